The fraction of sp³-hybridized carbons (Fsp3) is 0.462. The SMILES string of the molecule is Cc1nc2cc(OCC(O)CN3CCN(C[C@H]4CC(c5ccc(F)cc5)=NO4)[C@@H](C)C3)ccc2s1. The maximum Gasteiger partial charge on any atom is 0.145 e. The maximum absolute atomic E-state index is 13.2. The molecule has 35 heavy (non-hydrogen) atoms. The minimum Gasteiger partial charge on any atom is -0.491 e. The minimum absolute atomic E-state index is 0.00175. The second-order valence-corrected chi connectivity index (χ2v) is 10.6. The third-order valence-electron chi connectivity index (χ3n) is 6.58. The Hall–Kier alpha value is -2.59. The Labute approximate surface area is 208 Å². The molecule has 0 bridgehead atoms. The molecular weight excluding hydrogens is 467 g/mol. The Kier molecular flexibility index (Phi) is 7.29. The van der Waals surface area contributed by atoms with Gasteiger partial charge in [0, 0.05) is 51.3 Å². The number of ether oxygens (including phenoxy) is 1. The minimum atomic E-state index is -0.563. The summed E-state index contributed by atoms with van der Waals surface area (Å²) in [5.74, 6) is 0.485. The molecule has 2 aromatic carbocycles. The standard InChI is InChI=1S/C26H31FN4O3S/c1-17-13-30(14-21(32)16-33-22-7-8-26-25(11-22)28-18(2)35-26)9-10-31(17)15-23-12-24(29-34-23)19-3-5-20(27)6-4-19/h3-8,11,17,21,23,32H,9-10,12-16H2,1-2H3/t17-,21?,23+/m0/s1. The second kappa shape index (κ2) is 10.6. The Bertz CT molecular complexity index is 1190. The fourth-order valence-corrected chi connectivity index (χ4v) is 5.57. The highest BCUT2D eigenvalue weighted by Gasteiger charge is 2.30. The Balaban J connectivity index is 1.05. The predicted octanol–water partition coefficient (Wildman–Crippen LogP) is 3.68. The Morgan fingerprint density at radius 3 is 2.86 bits per heavy atom. The van der Waals surface area contributed by atoms with Crippen molar-refractivity contribution in [2.24, 2.45) is 5.16 Å². The molecule has 1 unspecified atom stereocenters. The zero-order chi connectivity index (χ0) is 24.4. The lowest BCUT2D eigenvalue weighted by atomic mass is 10.0. The van der Waals surface area contributed by atoms with E-state index in [2.05, 4.69) is 26.9 Å². The van der Waals surface area contributed by atoms with E-state index in [9.17, 15) is 9.50 Å². The lowest BCUT2D eigenvalue weighted by Crippen LogP contribution is -2.55. The van der Waals surface area contributed by atoms with Gasteiger partial charge in [-0.15, -0.1) is 11.3 Å². The largest absolute Gasteiger partial charge is 0.491 e. The molecule has 0 saturated carbocycles. The molecule has 186 valence electrons. The number of benzene rings is 2. The van der Waals surface area contributed by atoms with E-state index >= 15 is 0 Å². The average molecular weight is 499 g/mol. The fourth-order valence-electron chi connectivity index (χ4n) is 4.76. The van der Waals surface area contributed by atoms with Crippen LogP contribution in [0.15, 0.2) is 47.6 Å². The van der Waals surface area contributed by atoms with Crippen LogP contribution in [0.1, 0.15) is 23.9 Å². The number of aromatic nitrogens is 1. The van der Waals surface area contributed by atoms with E-state index in [-0.39, 0.29) is 18.5 Å². The van der Waals surface area contributed by atoms with Gasteiger partial charge in [-0.1, -0.05) is 17.3 Å². The first-order valence-electron chi connectivity index (χ1n) is 12.1. The van der Waals surface area contributed by atoms with Gasteiger partial charge in [0.05, 0.1) is 20.9 Å². The number of nitrogens with zero attached hydrogens (tertiary/aromatic N) is 4. The smallest absolute Gasteiger partial charge is 0.145 e. The van der Waals surface area contributed by atoms with Crippen LogP contribution in [0.2, 0.25) is 0 Å². The van der Waals surface area contributed by atoms with Crippen LogP contribution < -0.4 is 4.74 Å². The highest BCUT2D eigenvalue weighted by atomic mass is 32.1. The van der Waals surface area contributed by atoms with Crippen LogP contribution in [0.25, 0.3) is 10.2 Å². The number of oxime groups is 1. The molecule has 1 aromatic heterocycles. The van der Waals surface area contributed by atoms with Crippen LogP contribution in [0.3, 0.4) is 0 Å². The lowest BCUT2D eigenvalue weighted by Gasteiger charge is -2.41. The molecule has 0 amide bonds. The number of β-amino-alcohol motifs (C(OH)–C–C–N with tert-alkyl or cyclic N) is 1. The van der Waals surface area contributed by atoms with Crippen molar-refractivity contribution in [1.29, 1.82) is 0 Å². The van der Waals surface area contributed by atoms with Crippen LogP contribution in [0.4, 0.5) is 4.39 Å². The van der Waals surface area contributed by atoms with Crippen molar-refractivity contribution >= 4 is 27.3 Å². The molecule has 1 N–H and O–H groups in total. The van der Waals surface area contributed by atoms with Crippen molar-refractivity contribution in [2.75, 3.05) is 39.3 Å². The Morgan fingerprint density at radius 2 is 2.06 bits per heavy atom. The summed E-state index contributed by atoms with van der Waals surface area (Å²) in [5, 5.41) is 15.8. The monoisotopic (exact) mass is 498 g/mol. The third kappa shape index (κ3) is 5.98. The van der Waals surface area contributed by atoms with Crippen molar-refractivity contribution in [1.82, 2.24) is 14.8 Å². The van der Waals surface area contributed by atoms with Crippen molar-refractivity contribution in [3.05, 3.63) is 58.9 Å². The normalized spacial score (nSPS) is 22.2. The Morgan fingerprint density at radius 1 is 1.23 bits per heavy atom. The van der Waals surface area contributed by atoms with Crippen molar-refractivity contribution in [3.63, 3.8) is 0 Å². The molecule has 1 saturated heterocycles. The lowest BCUT2D eigenvalue weighted by molar-refractivity contribution is -0.00182. The van der Waals surface area contributed by atoms with E-state index in [1.165, 1.54) is 12.1 Å². The number of halogens is 1. The molecule has 7 nitrogen and oxygen atoms in total. The van der Waals surface area contributed by atoms with Gasteiger partial charge in [0.1, 0.15) is 30.4 Å². The van der Waals surface area contributed by atoms with E-state index in [1.807, 2.05) is 25.1 Å². The number of hydrogen-bond donors (Lipinski definition) is 1. The van der Waals surface area contributed by atoms with E-state index < -0.39 is 6.10 Å². The highest BCUT2D eigenvalue weighted by molar-refractivity contribution is 7.18. The molecule has 9 heteroatoms. The van der Waals surface area contributed by atoms with Gasteiger partial charge in [0.15, 0.2) is 0 Å². The van der Waals surface area contributed by atoms with Gasteiger partial charge < -0.3 is 14.7 Å². The number of thiazole rings is 1. The van der Waals surface area contributed by atoms with E-state index in [0.717, 1.165) is 64.8 Å². The molecule has 0 aliphatic carbocycles. The topological polar surface area (TPSA) is 70.4 Å². The number of hydrogen-bond acceptors (Lipinski definition) is 8. The summed E-state index contributed by atoms with van der Waals surface area (Å²) >= 11 is 1.66. The van der Waals surface area contributed by atoms with Crippen LogP contribution in [0.5, 0.6) is 5.75 Å². The molecule has 2 aliphatic heterocycles. The molecule has 3 aromatic rings. The van der Waals surface area contributed by atoms with Crippen LogP contribution >= 0.6 is 11.3 Å². The van der Waals surface area contributed by atoms with Gasteiger partial charge >= 0.3 is 0 Å². The quantitative estimate of drug-likeness (QED) is 0.511. The number of aliphatic hydroxyl groups is 1. The third-order valence-corrected chi connectivity index (χ3v) is 7.53. The number of aryl methyl sites for hydroxylation is 1. The van der Waals surface area contributed by atoms with Crippen LogP contribution in [-0.4, -0.2) is 83.2 Å². The summed E-state index contributed by atoms with van der Waals surface area (Å²) in [6, 6.07) is 12.6. The molecular formula is C26H31FN4O3S. The number of fused-ring (bicyclic) bond motifs is 1. The average Bonchev–Trinajstić information content (AvgIpc) is 3.45. The van der Waals surface area contributed by atoms with Crippen molar-refractivity contribution < 1.29 is 19.1 Å². The van der Waals surface area contributed by atoms with Gasteiger partial charge in [-0.3, -0.25) is 9.80 Å². The summed E-state index contributed by atoms with van der Waals surface area (Å²) in [7, 11) is 0. The van der Waals surface area contributed by atoms with Gasteiger partial charge in [-0.2, -0.15) is 0 Å². The van der Waals surface area contributed by atoms with Crippen molar-refractivity contribution in [2.45, 2.75) is 38.5 Å². The predicted molar refractivity (Wildman–Crippen MR) is 136 cm³/mol. The first kappa shape index (κ1) is 24.1. The van der Waals surface area contributed by atoms with Crippen molar-refractivity contribution in [3.8, 4) is 5.75 Å². The van der Waals surface area contributed by atoms with Gasteiger partial charge in [0.25, 0.3) is 0 Å². The molecule has 5 rings (SSSR count). The van der Waals surface area contributed by atoms with Crippen LogP contribution in [0, 0.1) is 12.7 Å². The first-order chi connectivity index (χ1) is 16.9. The van der Waals surface area contributed by atoms with E-state index in [4.69, 9.17) is 9.57 Å². The van der Waals surface area contributed by atoms with Gasteiger partial charge in [-0.05, 0) is 43.7 Å². The van der Waals surface area contributed by atoms with Gasteiger partial charge in [0.2, 0.25) is 0 Å². The zero-order valence-electron chi connectivity index (χ0n) is 20.1. The first-order valence-corrected chi connectivity index (χ1v) is 12.9. The maximum atomic E-state index is 13.2. The number of rotatable bonds is 8. The molecule has 0 spiro atoms. The molecule has 2 aliphatic rings. The molecule has 0 radical (unpaired) electrons. The number of piperazine rings is 1. The highest BCUT2D eigenvalue weighted by Crippen LogP contribution is 2.26. The van der Waals surface area contributed by atoms with Crippen LogP contribution in [-0.2, 0) is 4.84 Å². The number of aliphatic hydroxyl groups excluding tert-OH is 1. The molecule has 1 fully saturated rings. The summed E-state index contributed by atoms with van der Waals surface area (Å²) in [6.45, 7) is 8.49. The van der Waals surface area contributed by atoms with E-state index in [1.54, 1.807) is 23.5 Å². The van der Waals surface area contributed by atoms with Gasteiger partial charge in [-0.25, -0.2) is 9.37 Å². The summed E-state index contributed by atoms with van der Waals surface area (Å²) in [5.41, 5.74) is 2.71. The molecule has 3 heterocycles. The summed E-state index contributed by atoms with van der Waals surface area (Å²) < 4.78 is 20.2. The van der Waals surface area contributed by atoms with E-state index in [0.29, 0.717) is 12.6 Å². The summed E-state index contributed by atoms with van der Waals surface area (Å²) in [4.78, 5) is 14.9. The second-order valence-electron chi connectivity index (χ2n) is 9.41. The zero-order valence-corrected chi connectivity index (χ0v) is 20.9. The molecule has 3 atom stereocenters. The summed E-state index contributed by atoms with van der Waals surface area (Å²) in [6.07, 6.45) is 0.161.